The molecule has 1 aliphatic rings. The van der Waals surface area contributed by atoms with E-state index in [9.17, 15) is 9.59 Å². The standard InChI is InChI=1S/C20H20ClN3O2S/c21-16-3-1-2-13(10-16)12-22-18(25)14-4-7-24(8-5-14)20(26)17-11-15-6-9-27-19(15)23-17/h1-3,6,9-11,14,23H,4-5,7-8,12H2,(H,22,25). The van der Waals surface area contributed by atoms with Gasteiger partial charge in [-0.1, -0.05) is 23.7 Å². The van der Waals surface area contributed by atoms with Crippen LogP contribution >= 0.6 is 22.9 Å². The second kappa shape index (κ2) is 7.74. The van der Waals surface area contributed by atoms with Gasteiger partial charge in [-0.3, -0.25) is 9.59 Å². The van der Waals surface area contributed by atoms with E-state index in [0.717, 1.165) is 15.8 Å². The van der Waals surface area contributed by atoms with Gasteiger partial charge in [0.15, 0.2) is 0 Å². The van der Waals surface area contributed by atoms with E-state index in [1.807, 2.05) is 46.7 Å². The monoisotopic (exact) mass is 401 g/mol. The number of rotatable bonds is 4. The van der Waals surface area contributed by atoms with Gasteiger partial charge in [-0.05, 0) is 48.1 Å². The Morgan fingerprint density at radius 1 is 1.22 bits per heavy atom. The van der Waals surface area contributed by atoms with E-state index >= 15 is 0 Å². The van der Waals surface area contributed by atoms with Gasteiger partial charge in [0.2, 0.25) is 5.91 Å². The quantitative estimate of drug-likeness (QED) is 0.692. The Morgan fingerprint density at radius 3 is 2.78 bits per heavy atom. The summed E-state index contributed by atoms with van der Waals surface area (Å²) in [4.78, 5) is 31.1. The number of aromatic nitrogens is 1. The van der Waals surface area contributed by atoms with Gasteiger partial charge in [0.1, 0.15) is 10.5 Å². The fourth-order valence-electron chi connectivity index (χ4n) is 3.46. The number of carbonyl (C=O) groups excluding carboxylic acids is 2. The minimum Gasteiger partial charge on any atom is -0.352 e. The maximum absolute atomic E-state index is 12.7. The number of hydrogen-bond acceptors (Lipinski definition) is 3. The molecule has 3 aromatic rings. The van der Waals surface area contributed by atoms with Crippen LogP contribution in [0.2, 0.25) is 5.02 Å². The van der Waals surface area contributed by atoms with E-state index in [1.54, 1.807) is 11.3 Å². The minimum absolute atomic E-state index is 0.0104. The fraction of sp³-hybridized carbons (Fsp3) is 0.300. The molecule has 3 heterocycles. The molecule has 1 saturated heterocycles. The average molecular weight is 402 g/mol. The summed E-state index contributed by atoms with van der Waals surface area (Å²) in [5, 5.41) is 6.72. The number of H-pyrrole nitrogens is 1. The van der Waals surface area contributed by atoms with E-state index in [4.69, 9.17) is 11.6 Å². The van der Waals surface area contributed by atoms with E-state index in [-0.39, 0.29) is 17.7 Å². The summed E-state index contributed by atoms with van der Waals surface area (Å²) in [6.45, 7) is 1.67. The molecule has 1 aliphatic heterocycles. The lowest BCUT2D eigenvalue weighted by atomic mass is 9.95. The Hall–Kier alpha value is -2.31. The molecule has 4 rings (SSSR count). The smallest absolute Gasteiger partial charge is 0.270 e. The first kappa shape index (κ1) is 18.1. The zero-order chi connectivity index (χ0) is 18.8. The average Bonchev–Trinajstić information content (AvgIpc) is 3.28. The van der Waals surface area contributed by atoms with Crippen LogP contribution in [0.1, 0.15) is 28.9 Å². The first-order valence-corrected chi connectivity index (χ1v) is 10.2. The first-order chi connectivity index (χ1) is 13.1. The molecule has 2 N–H and O–H groups in total. The van der Waals surface area contributed by atoms with Crippen molar-refractivity contribution in [3.8, 4) is 0 Å². The number of likely N-dealkylation sites (tertiary alicyclic amines) is 1. The molecule has 5 nitrogen and oxygen atoms in total. The predicted molar refractivity (Wildman–Crippen MR) is 108 cm³/mol. The lowest BCUT2D eigenvalue weighted by Crippen LogP contribution is -2.43. The Bertz CT molecular complexity index is 944. The normalized spacial score (nSPS) is 15.2. The molecule has 2 aromatic heterocycles. The highest BCUT2D eigenvalue weighted by atomic mass is 35.5. The number of benzene rings is 1. The molecule has 0 bridgehead atoms. The Balaban J connectivity index is 1.29. The number of nitrogens with zero attached hydrogens (tertiary/aromatic N) is 1. The van der Waals surface area contributed by atoms with Crippen molar-refractivity contribution in [3.63, 3.8) is 0 Å². The van der Waals surface area contributed by atoms with Crippen molar-refractivity contribution in [1.82, 2.24) is 15.2 Å². The van der Waals surface area contributed by atoms with Crippen LogP contribution in [-0.4, -0.2) is 34.8 Å². The molecule has 7 heteroatoms. The Morgan fingerprint density at radius 2 is 2.04 bits per heavy atom. The molecule has 27 heavy (non-hydrogen) atoms. The van der Waals surface area contributed by atoms with Gasteiger partial charge < -0.3 is 15.2 Å². The number of hydrogen-bond donors (Lipinski definition) is 2. The van der Waals surface area contributed by atoms with E-state index in [1.165, 1.54) is 0 Å². The van der Waals surface area contributed by atoms with Gasteiger partial charge in [-0.15, -0.1) is 11.3 Å². The van der Waals surface area contributed by atoms with Crippen molar-refractivity contribution in [2.45, 2.75) is 19.4 Å². The number of carbonyl (C=O) groups is 2. The van der Waals surface area contributed by atoms with Crippen LogP contribution in [0.4, 0.5) is 0 Å². The number of thiophene rings is 1. The van der Waals surface area contributed by atoms with Gasteiger partial charge in [0, 0.05) is 36.0 Å². The van der Waals surface area contributed by atoms with Crippen LogP contribution in [-0.2, 0) is 11.3 Å². The molecule has 1 aromatic carbocycles. The zero-order valence-corrected chi connectivity index (χ0v) is 16.3. The van der Waals surface area contributed by atoms with Crippen LogP contribution in [0, 0.1) is 5.92 Å². The van der Waals surface area contributed by atoms with Crippen molar-refractivity contribution in [2.75, 3.05) is 13.1 Å². The third-order valence-corrected chi connectivity index (χ3v) is 6.06. The molecule has 0 unspecified atom stereocenters. The number of aromatic amines is 1. The van der Waals surface area contributed by atoms with Crippen molar-refractivity contribution < 1.29 is 9.59 Å². The van der Waals surface area contributed by atoms with Crippen molar-refractivity contribution in [3.05, 3.63) is 58.1 Å². The number of nitrogens with one attached hydrogen (secondary N) is 2. The van der Waals surface area contributed by atoms with Crippen LogP contribution in [0.25, 0.3) is 10.2 Å². The van der Waals surface area contributed by atoms with Gasteiger partial charge in [-0.2, -0.15) is 0 Å². The van der Waals surface area contributed by atoms with Crippen LogP contribution in [0.15, 0.2) is 41.8 Å². The third-order valence-electron chi connectivity index (χ3n) is 4.98. The largest absolute Gasteiger partial charge is 0.352 e. The van der Waals surface area contributed by atoms with Gasteiger partial charge in [-0.25, -0.2) is 0 Å². The third kappa shape index (κ3) is 4.01. The number of piperidine rings is 1. The summed E-state index contributed by atoms with van der Waals surface area (Å²) in [5.41, 5.74) is 1.61. The van der Waals surface area contributed by atoms with Crippen molar-refractivity contribution in [1.29, 1.82) is 0 Å². The summed E-state index contributed by atoms with van der Waals surface area (Å²) in [6.07, 6.45) is 1.37. The summed E-state index contributed by atoms with van der Waals surface area (Å²) in [7, 11) is 0. The molecule has 140 valence electrons. The van der Waals surface area contributed by atoms with Gasteiger partial charge in [0.05, 0.1) is 0 Å². The molecule has 0 radical (unpaired) electrons. The molecule has 0 saturated carbocycles. The zero-order valence-electron chi connectivity index (χ0n) is 14.7. The van der Waals surface area contributed by atoms with E-state index < -0.39 is 0 Å². The molecule has 1 fully saturated rings. The Labute approximate surface area is 166 Å². The molecule has 0 aliphatic carbocycles. The minimum atomic E-state index is -0.0552. The maximum atomic E-state index is 12.7. The van der Waals surface area contributed by atoms with Crippen LogP contribution in [0.5, 0.6) is 0 Å². The number of amides is 2. The molecule has 0 spiro atoms. The lowest BCUT2D eigenvalue weighted by Gasteiger charge is -2.31. The molecular weight excluding hydrogens is 382 g/mol. The van der Waals surface area contributed by atoms with Crippen molar-refractivity contribution >= 4 is 45.0 Å². The SMILES string of the molecule is O=C(NCc1cccc(Cl)c1)C1CCN(C(=O)c2cc3ccsc3[nH]2)CC1. The predicted octanol–water partition coefficient (Wildman–Crippen LogP) is 4.05. The molecular formula is C20H20ClN3O2S. The first-order valence-electron chi connectivity index (χ1n) is 8.98. The van der Waals surface area contributed by atoms with Crippen LogP contribution in [0.3, 0.4) is 0 Å². The topological polar surface area (TPSA) is 65.2 Å². The summed E-state index contributed by atoms with van der Waals surface area (Å²) >= 11 is 7.57. The highest BCUT2D eigenvalue weighted by Gasteiger charge is 2.28. The summed E-state index contributed by atoms with van der Waals surface area (Å²) in [5.74, 6) is -0.000909. The number of fused-ring (bicyclic) bond motifs is 1. The summed E-state index contributed by atoms with van der Waals surface area (Å²) in [6, 6.07) is 11.4. The Kier molecular flexibility index (Phi) is 5.18. The van der Waals surface area contributed by atoms with Crippen molar-refractivity contribution in [2.24, 2.45) is 5.92 Å². The maximum Gasteiger partial charge on any atom is 0.270 e. The fourth-order valence-corrected chi connectivity index (χ4v) is 4.45. The molecule has 2 amide bonds. The lowest BCUT2D eigenvalue weighted by molar-refractivity contribution is -0.126. The highest BCUT2D eigenvalue weighted by Crippen LogP contribution is 2.24. The number of halogens is 1. The summed E-state index contributed by atoms with van der Waals surface area (Å²) < 4.78 is 0. The second-order valence-electron chi connectivity index (χ2n) is 6.80. The van der Waals surface area contributed by atoms with Gasteiger partial charge >= 0.3 is 0 Å². The molecule has 0 atom stereocenters. The van der Waals surface area contributed by atoms with E-state index in [2.05, 4.69) is 10.3 Å². The van der Waals surface area contributed by atoms with Crippen LogP contribution < -0.4 is 5.32 Å². The van der Waals surface area contributed by atoms with Gasteiger partial charge in [0.25, 0.3) is 5.91 Å². The second-order valence-corrected chi connectivity index (χ2v) is 8.15. The van der Waals surface area contributed by atoms with E-state index in [0.29, 0.717) is 43.2 Å². The highest BCUT2D eigenvalue weighted by molar-refractivity contribution is 7.16.